The average molecular weight is 690 g/mol. The number of carbonyl (C=O) groups excluding carboxylic acids is 5. The first-order chi connectivity index (χ1) is 23.1. The lowest BCUT2D eigenvalue weighted by molar-refractivity contribution is -0.159. The predicted octanol–water partition coefficient (Wildman–Crippen LogP) is 2.84. The maximum atomic E-state index is 13.6. The third-order valence-corrected chi connectivity index (χ3v) is 8.22. The summed E-state index contributed by atoms with van der Waals surface area (Å²) in [4.78, 5) is 77.1. The maximum Gasteiger partial charge on any atom is 0.329 e. The van der Waals surface area contributed by atoms with E-state index in [2.05, 4.69) is 28.2 Å². The van der Waals surface area contributed by atoms with Crippen molar-refractivity contribution in [2.24, 2.45) is 23.5 Å². The fraction of sp³-hybridized carbons (Fsp3) is 0.667. The molecule has 1 rings (SSSR count). The molecule has 13 heteroatoms. The van der Waals surface area contributed by atoms with Gasteiger partial charge < -0.3 is 36.8 Å². The molecule has 0 bridgehead atoms. The Kier molecular flexibility index (Phi) is 19.8. The molecule has 0 saturated carbocycles. The lowest BCUT2D eigenvalue weighted by Crippen LogP contribution is -2.58. The van der Waals surface area contributed by atoms with Gasteiger partial charge in [0.2, 0.25) is 23.6 Å². The van der Waals surface area contributed by atoms with Gasteiger partial charge in [0.15, 0.2) is 0 Å². The van der Waals surface area contributed by atoms with Crippen molar-refractivity contribution >= 4 is 35.6 Å². The van der Waals surface area contributed by atoms with Gasteiger partial charge in [0.05, 0.1) is 13.0 Å². The number of ether oxygens (including phenoxy) is 1. The molecular weight excluding hydrogens is 630 g/mol. The molecule has 0 aromatic heterocycles. The van der Waals surface area contributed by atoms with Gasteiger partial charge in [-0.05, 0) is 43.1 Å². The largest absolute Gasteiger partial charge is 0.481 e. The van der Waals surface area contributed by atoms with Crippen molar-refractivity contribution in [3.63, 3.8) is 0 Å². The van der Waals surface area contributed by atoms with Crippen LogP contribution >= 0.6 is 0 Å². The molecule has 7 N–H and O–H groups in total. The molecule has 6 atom stereocenters. The van der Waals surface area contributed by atoms with Crippen molar-refractivity contribution in [1.29, 1.82) is 0 Å². The normalized spacial score (nSPS) is 14.9. The molecule has 0 fully saturated rings. The molecule has 276 valence electrons. The third kappa shape index (κ3) is 16.8. The number of nitrogens with one attached hydrogen (secondary N) is 4. The lowest BCUT2D eigenvalue weighted by atomic mass is 9.94. The number of carboxylic acid groups (broad SMARTS) is 1. The van der Waals surface area contributed by atoms with Gasteiger partial charge in [-0.3, -0.25) is 24.0 Å². The van der Waals surface area contributed by atoms with Crippen molar-refractivity contribution < 1.29 is 38.6 Å². The summed E-state index contributed by atoms with van der Waals surface area (Å²) in [5.41, 5.74) is 6.14. The minimum absolute atomic E-state index is 0.00544. The third-order valence-electron chi connectivity index (χ3n) is 8.22. The van der Waals surface area contributed by atoms with Gasteiger partial charge in [-0.1, -0.05) is 97.6 Å². The number of benzene rings is 1. The van der Waals surface area contributed by atoms with E-state index in [0.717, 1.165) is 31.2 Å². The van der Waals surface area contributed by atoms with E-state index in [1.165, 1.54) is 6.92 Å². The Morgan fingerprint density at radius 1 is 0.796 bits per heavy atom. The van der Waals surface area contributed by atoms with E-state index in [0.29, 0.717) is 6.42 Å². The first-order valence-electron chi connectivity index (χ1n) is 17.5. The minimum Gasteiger partial charge on any atom is -0.481 e. The van der Waals surface area contributed by atoms with Crippen LogP contribution in [0, 0.1) is 17.8 Å². The Labute approximate surface area is 291 Å². The molecule has 49 heavy (non-hydrogen) atoms. The van der Waals surface area contributed by atoms with Gasteiger partial charge in [-0.2, -0.15) is 0 Å². The number of hydrogen-bond donors (Lipinski definition) is 6. The summed E-state index contributed by atoms with van der Waals surface area (Å²) in [5.74, 6) is -4.72. The van der Waals surface area contributed by atoms with Gasteiger partial charge in [0.1, 0.15) is 30.3 Å². The number of unbranched alkanes of at least 4 members (excludes halogenated alkanes) is 3. The van der Waals surface area contributed by atoms with Crippen LogP contribution in [0.15, 0.2) is 30.3 Å². The molecule has 1 aromatic rings. The Bertz CT molecular complexity index is 1210. The summed E-state index contributed by atoms with van der Waals surface area (Å²) in [5, 5.41) is 20.1. The van der Waals surface area contributed by atoms with E-state index in [-0.39, 0.29) is 43.6 Å². The van der Waals surface area contributed by atoms with Crippen molar-refractivity contribution in [3.05, 3.63) is 35.9 Å². The highest BCUT2D eigenvalue weighted by molar-refractivity contribution is 5.95. The highest BCUT2D eigenvalue weighted by Crippen LogP contribution is 2.21. The van der Waals surface area contributed by atoms with Crippen molar-refractivity contribution in [3.8, 4) is 0 Å². The van der Waals surface area contributed by atoms with Crippen LogP contribution in [0.5, 0.6) is 0 Å². The maximum absolute atomic E-state index is 13.6. The fourth-order valence-corrected chi connectivity index (χ4v) is 5.29. The van der Waals surface area contributed by atoms with Crippen molar-refractivity contribution in [1.82, 2.24) is 21.3 Å². The summed E-state index contributed by atoms with van der Waals surface area (Å²) in [6, 6.07) is 4.78. The van der Waals surface area contributed by atoms with Gasteiger partial charge in [-0.25, -0.2) is 4.79 Å². The van der Waals surface area contributed by atoms with E-state index in [1.54, 1.807) is 38.1 Å². The predicted molar refractivity (Wildman–Crippen MR) is 187 cm³/mol. The zero-order valence-corrected chi connectivity index (χ0v) is 30.3. The minimum atomic E-state index is -1.16. The molecule has 13 nitrogen and oxygen atoms in total. The molecule has 0 unspecified atom stereocenters. The summed E-state index contributed by atoms with van der Waals surface area (Å²) in [6.45, 7) is 12.4. The smallest absolute Gasteiger partial charge is 0.329 e. The highest BCUT2D eigenvalue weighted by atomic mass is 16.5. The highest BCUT2D eigenvalue weighted by Gasteiger charge is 2.33. The van der Waals surface area contributed by atoms with Gasteiger partial charge in [0.25, 0.3) is 0 Å². The number of hydrogen-bond acceptors (Lipinski definition) is 8. The summed E-state index contributed by atoms with van der Waals surface area (Å²) in [7, 11) is 0. The van der Waals surface area contributed by atoms with Crippen LogP contribution in [0.1, 0.15) is 99.0 Å². The molecule has 0 aliphatic heterocycles. The van der Waals surface area contributed by atoms with E-state index >= 15 is 0 Å². The standard InChI is InChI=1S/C36H59N5O8/c1-8-9-10-12-15-24(6)29(20-31(43)44)49-36(48)28(19-26-16-13-11-14-17-26)40-33(45)25(7)38-34(46)27(18-22(2)3)39-35(47)32(23(4)5)41-30(42)21-37/h11,13-14,16-17,22-25,27-29,32H,8-10,12,15,18-21,37H2,1-7H3,(H,38,46)(H,39,47)(H,40,45)(H,41,42)(H,43,44)/t24-,25-,27-,28-,29-,32-/m0/s1. The van der Waals surface area contributed by atoms with Crippen LogP contribution in [0.2, 0.25) is 0 Å². The van der Waals surface area contributed by atoms with E-state index in [9.17, 15) is 33.9 Å². The monoisotopic (exact) mass is 689 g/mol. The number of carboxylic acids is 1. The molecule has 0 radical (unpaired) electrons. The molecule has 0 saturated heterocycles. The van der Waals surface area contributed by atoms with Crippen LogP contribution in [-0.2, 0) is 39.9 Å². The molecule has 0 aliphatic carbocycles. The van der Waals surface area contributed by atoms with Crippen molar-refractivity contribution in [2.45, 2.75) is 130 Å². The quantitative estimate of drug-likeness (QED) is 0.0737. The Balaban J connectivity index is 3.13. The second kappa shape index (κ2) is 22.6. The second-order valence-electron chi connectivity index (χ2n) is 13.6. The summed E-state index contributed by atoms with van der Waals surface area (Å²) < 4.78 is 5.77. The number of aliphatic carboxylic acids is 1. The molecule has 1 aromatic carbocycles. The molecular formula is C36H59N5O8. The van der Waals surface area contributed by atoms with Gasteiger partial charge >= 0.3 is 11.9 Å². The van der Waals surface area contributed by atoms with Crippen LogP contribution in [0.25, 0.3) is 0 Å². The van der Waals surface area contributed by atoms with Crippen LogP contribution in [0.4, 0.5) is 0 Å². The lowest BCUT2D eigenvalue weighted by Gasteiger charge is -2.28. The zero-order chi connectivity index (χ0) is 37.1. The van der Waals surface area contributed by atoms with Gasteiger partial charge in [-0.15, -0.1) is 0 Å². The Morgan fingerprint density at radius 2 is 1.43 bits per heavy atom. The van der Waals surface area contributed by atoms with E-state index in [1.807, 2.05) is 26.8 Å². The second-order valence-corrected chi connectivity index (χ2v) is 13.6. The first-order valence-corrected chi connectivity index (χ1v) is 17.5. The average Bonchev–Trinajstić information content (AvgIpc) is 3.03. The molecule has 4 amide bonds. The fourth-order valence-electron chi connectivity index (χ4n) is 5.29. The van der Waals surface area contributed by atoms with Crippen LogP contribution < -0.4 is 27.0 Å². The summed E-state index contributed by atoms with van der Waals surface area (Å²) >= 11 is 0. The Morgan fingerprint density at radius 3 is 1.98 bits per heavy atom. The van der Waals surface area contributed by atoms with Crippen LogP contribution in [0.3, 0.4) is 0 Å². The number of carbonyl (C=O) groups is 6. The number of rotatable bonds is 23. The summed E-state index contributed by atoms with van der Waals surface area (Å²) in [6.07, 6.45) is 3.77. The number of esters is 1. The molecule has 0 spiro atoms. The number of nitrogens with two attached hydrogens (primary N) is 1. The van der Waals surface area contributed by atoms with E-state index < -0.39 is 65.8 Å². The molecule has 0 heterocycles. The van der Waals surface area contributed by atoms with E-state index in [4.69, 9.17) is 10.5 Å². The Hall–Kier alpha value is -4.00. The number of amides is 4. The SMILES string of the molecule is CCCCCC[C@H](C)[C@H](CC(=O)O)OC(=O)[C@H](Cc1ccccc1)NC(=O)[C@H](C)NC(=O)[C@H](CC(C)C)NC(=O)[C@@H](NC(=O)CN)C(C)C. The molecule has 0 aliphatic rings. The zero-order valence-electron chi connectivity index (χ0n) is 30.3. The first kappa shape index (κ1) is 43.0. The topological polar surface area (TPSA) is 206 Å². The van der Waals surface area contributed by atoms with Crippen molar-refractivity contribution in [2.75, 3.05) is 6.54 Å². The van der Waals surface area contributed by atoms with Crippen LogP contribution in [-0.4, -0.2) is 77.5 Å². The van der Waals surface area contributed by atoms with Gasteiger partial charge in [0, 0.05) is 6.42 Å².